The minimum absolute atomic E-state index is 0.0304. The first-order valence-electron chi connectivity index (χ1n) is 11.7. The summed E-state index contributed by atoms with van der Waals surface area (Å²) in [7, 11) is 1.90. The van der Waals surface area contributed by atoms with E-state index in [-0.39, 0.29) is 36.9 Å². The maximum absolute atomic E-state index is 11.8. The van der Waals surface area contributed by atoms with Crippen LogP contribution in [0.15, 0.2) is 53.9 Å². The van der Waals surface area contributed by atoms with Crippen molar-refractivity contribution in [2.24, 2.45) is 0 Å². The van der Waals surface area contributed by atoms with Crippen molar-refractivity contribution in [3.05, 3.63) is 65.0 Å². The van der Waals surface area contributed by atoms with Crippen molar-refractivity contribution < 1.29 is 19.4 Å². The summed E-state index contributed by atoms with van der Waals surface area (Å²) in [6.45, 7) is 6.49. The van der Waals surface area contributed by atoms with Gasteiger partial charge >= 0.3 is 5.97 Å². The van der Waals surface area contributed by atoms with Crippen LogP contribution in [0.2, 0.25) is 0 Å². The lowest BCUT2D eigenvalue weighted by atomic mass is 9.87. The maximum Gasteiger partial charge on any atom is 0.305 e. The fraction of sp³-hybridized carbons (Fsp3) is 0.462. The highest BCUT2D eigenvalue weighted by Crippen LogP contribution is 2.50. The van der Waals surface area contributed by atoms with Crippen LogP contribution in [-0.4, -0.2) is 43.8 Å². The number of allylic oxidation sites excluding steroid dienone is 3. The van der Waals surface area contributed by atoms with E-state index >= 15 is 0 Å². The smallest absolute Gasteiger partial charge is 0.305 e. The van der Waals surface area contributed by atoms with Gasteiger partial charge in [-0.15, -0.1) is 0 Å². The highest BCUT2D eigenvalue weighted by molar-refractivity contribution is 5.75. The van der Waals surface area contributed by atoms with E-state index in [1.807, 2.05) is 7.05 Å². The number of aliphatic hydroxyl groups is 1. The molecule has 0 saturated heterocycles. The van der Waals surface area contributed by atoms with Crippen molar-refractivity contribution in [1.82, 2.24) is 10.6 Å². The van der Waals surface area contributed by atoms with Crippen LogP contribution in [0.4, 0.5) is 5.69 Å². The minimum atomic E-state index is -0.188. The number of hydrogen-bond acceptors (Lipinski definition) is 6. The Labute approximate surface area is 196 Å². The predicted octanol–water partition coefficient (Wildman–Crippen LogP) is 3.46. The van der Waals surface area contributed by atoms with Crippen LogP contribution in [0.25, 0.3) is 0 Å². The second-order valence-corrected chi connectivity index (χ2v) is 8.43. The molecule has 2 unspecified atom stereocenters. The Bertz CT molecular complexity index is 951. The van der Waals surface area contributed by atoms with E-state index in [1.54, 1.807) is 6.92 Å². The maximum atomic E-state index is 11.8. The highest BCUT2D eigenvalue weighted by Gasteiger charge is 2.37. The molecule has 0 fully saturated rings. The van der Waals surface area contributed by atoms with Gasteiger partial charge in [-0.05, 0) is 54.2 Å². The van der Waals surface area contributed by atoms with Gasteiger partial charge in [0.25, 0.3) is 0 Å². The first-order valence-corrected chi connectivity index (χ1v) is 11.7. The van der Waals surface area contributed by atoms with Crippen molar-refractivity contribution in [3.63, 3.8) is 0 Å². The molecule has 1 amide bonds. The molecule has 2 atom stereocenters. The van der Waals surface area contributed by atoms with Crippen molar-refractivity contribution >= 4 is 17.6 Å². The van der Waals surface area contributed by atoms with Crippen LogP contribution >= 0.6 is 0 Å². The molecule has 1 aromatic carbocycles. The molecule has 1 aromatic rings. The molecular formula is C26H35N3O4. The van der Waals surface area contributed by atoms with Crippen molar-refractivity contribution in [1.29, 1.82) is 0 Å². The van der Waals surface area contributed by atoms with E-state index in [1.165, 1.54) is 16.7 Å². The van der Waals surface area contributed by atoms with Crippen molar-refractivity contribution in [2.75, 3.05) is 32.1 Å². The largest absolute Gasteiger partial charge is 0.465 e. The second kappa shape index (κ2) is 11.7. The molecule has 178 valence electrons. The molecule has 2 aliphatic carbocycles. The number of rotatable bonds is 12. The number of anilines is 1. The number of esters is 1. The molecule has 2 aliphatic rings. The zero-order chi connectivity index (χ0) is 23.8. The summed E-state index contributed by atoms with van der Waals surface area (Å²) < 4.78 is 5.56. The molecule has 0 spiro atoms. The first-order chi connectivity index (χ1) is 16.0. The summed E-state index contributed by atoms with van der Waals surface area (Å²) in [6.07, 6.45) is 7.35. The summed E-state index contributed by atoms with van der Waals surface area (Å²) in [6, 6.07) is 6.42. The number of nitrogens with one attached hydrogen (secondary N) is 3. The topological polar surface area (TPSA) is 99.7 Å². The molecule has 7 nitrogen and oxygen atoms in total. The van der Waals surface area contributed by atoms with Gasteiger partial charge in [0.2, 0.25) is 5.91 Å². The molecule has 0 aromatic heterocycles. The van der Waals surface area contributed by atoms with Crippen LogP contribution in [0.3, 0.4) is 0 Å². The molecule has 0 radical (unpaired) electrons. The summed E-state index contributed by atoms with van der Waals surface area (Å²) >= 11 is 0. The van der Waals surface area contributed by atoms with E-state index in [9.17, 15) is 9.59 Å². The summed E-state index contributed by atoms with van der Waals surface area (Å²) in [5, 5.41) is 18.0. The van der Waals surface area contributed by atoms with Crippen LogP contribution in [0.5, 0.6) is 0 Å². The Morgan fingerprint density at radius 2 is 2.06 bits per heavy atom. The number of ether oxygens (including phenoxy) is 1. The van der Waals surface area contributed by atoms with Gasteiger partial charge in [0, 0.05) is 55.4 Å². The number of carbonyl (C=O) groups is 2. The molecule has 3 rings (SSSR count). The van der Waals surface area contributed by atoms with Gasteiger partial charge in [0.1, 0.15) is 6.61 Å². The third kappa shape index (κ3) is 6.26. The molecule has 0 heterocycles. The Kier molecular flexibility index (Phi) is 8.72. The monoisotopic (exact) mass is 453 g/mol. The van der Waals surface area contributed by atoms with Crippen LogP contribution in [-0.2, 0) is 14.3 Å². The number of fused-ring (bicyclic) bond motifs is 3. The average molecular weight is 454 g/mol. The van der Waals surface area contributed by atoms with E-state index in [4.69, 9.17) is 9.84 Å². The van der Waals surface area contributed by atoms with Gasteiger partial charge in [0.15, 0.2) is 0 Å². The lowest BCUT2D eigenvalue weighted by Gasteiger charge is -2.23. The molecule has 0 aliphatic heterocycles. The van der Waals surface area contributed by atoms with E-state index in [0.29, 0.717) is 32.3 Å². The first kappa shape index (κ1) is 24.6. The van der Waals surface area contributed by atoms with Gasteiger partial charge in [-0.25, -0.2) is 0 Å². The van der Waals surface area contributed by atoms with Crippen molar-refractivity contribution in [3.8, 4) is 0 Å². The molecule has 0 bridgehead atoms. The minimum Gasteiger partial charge on any atom is -0.465 e. The number of benzene rings is 1. The fourth-order valence-electron chi connectivity index (χ4n) is 4.46. The van der Waals surface area contributed by atoms with Gasteiger partial charge in [-0.2, -0.15) is 0 Å². The second-order valence-electron chi connectivity index (χ2n) is 8.43. The van der Waals surface area contributed by atoms with Gasteiger partial charge in [-0.3, -0.25) is 9.59 Å². The summed E-state index contributed by atoms with van der Waals surface area (Å²) in [5.74, 6) is 0.0624. The predicted molar refractivity (Wildman–Crippen MR) is 130 cm³/mol. The standard InChI is InChI=1S/C26H35N3O4/c1-4-26(32)33-16-24-22-14-18(27-3)8-10-20(22)21-11-9-19(15-23(21)24)29-17(2)6-5-7-25(31)28-12-13-30/h8-10,14-15,21,24,27,29-30H,2,4-7,11-13,16H2,1,3H3,(H,28,31). The van der Waals surface area contributed by atoms with Crippen molar-refractivity contribution in [2.45, 2.75) is 50.9 Å². The third-order valence-electron chi connectivity index (χ3n) is 6.16. The SMILES string of the molecule is C=C(CCCC(=O)NCCO)NC1=CCC2C(=C1)C(COC(=O)CC)c1cc(NC)ccc12. The van der Waals surface area contributed by atoms with Crippen LogP contribution in [0, 0.1) is 0 Å². The zero-order valence-corrected chi connectivity index (χ0v) is 19.6. The summed E-state index contributed by atoms with van der Waals surface area (Å²) in [5.41, 5.74) is 6.65. The van der Waals surface area contributed by atoms with Gasteiger partial charge in [-0.1, -0.05) is 25.6 Å². The number of aliphatic hydroxyl groups excluding tert-OH is 1. The molecule has 4 N–H and O–H groups in total. The lowest BCUT2D eigenvalue weighted by molar-refractivity contribution is -0.143. The van der Waals surface area contributed by atoms with Gasteiger partial charge in [0.05, 0.1) is 6.61 Å². The lowest BCUT2D eigenvalue weighted by Crippen LogP contribution is -2.26. The van der Waals surface area contributed by atoms with Crippen LogP contribution in [0.1, 0.15) is 62.0 Å². The van der Waals surface area contributed by atoms with E-state index in [0.717, 1.165) is 23.5 Å². The molecule has 7 heteroatoms. The number of carbonyl (C=O) groups excluding carboxylic acids is 2. The Hall–Kier alpha value is -3.06. The summed E-state index contributed by atoms with van der Waals surface area (Å²) in [4.78, 5) is 23.5. The van der Waals surface area contributed by atoms with Crippen LogP contribution < -0.4 is 16.0 Å². The normalized spacial score (nSPS) is 18.4. The number of amides is 1. The highest BCUT2D eigenvalue weighted by atomic mass is 16.5. The Balaban J connectivity index is 1.67. The van der Waals surface area contributed by atoms with E-state index in [2.05, 4.69) is 52.9 Å². The Morgan fingerprint density at radius 3 is 2.79 bits per heavy atom. The average Bonchev–Trinajstić information content (AvgIpc) is 3.12. The Morgan fingerprint density at radius 1 is 1.24 bits per heavy atom. The van der Waals surface area contributed by atoms with Gasteiger partial charge < -0.3 is 25.8 Å². The number of hydrogen-bond donors (Lipinski definition) is 4. The fourth-order valence-corrected chi connectivity index (χ4v) is 4.46. The molecular weight excluding hydrogens is 418 g/mol. The molecule has 0 saturated carbocycles. The quantitative estimate of drug-likeness (QED) is 0.362. The zero-order valence-electron chi connectivity index (χ0n) is 19.6. The third-order valence-corrected chi connectivity index (χ3v) is 6.16. The van der Waals surface area contributed by atoms with E-state index < -0.39 is 0 Å². The molecule has 33 heavy (non-hydrogen) atoms.